The molecule has 0 aromatic carbocycles. The van der Waals surface area contributed by atoms with Gasteiger partial charge in [0.25, 0.3) is 5.91 Å². The van der Waals surface area contributed by atoms with Crippen LogP contribution in [0.1, 0.15) is 53.5 Å². The van der Waals surface area contributed by atoms with Crippen LogP contribution in [-0.4, -0.2) is 42.6 Å². The predicted octanol–water partition coefficient (Wildman–Crippen LogP) is 3.16. The number of rotatable bonds is 3. The van der Waals surface area contributed by atoms with Crippen LogP contribution in [0.2, 0.25) is 0 Å². The number of aromatic nitrogens is 1. The molecule has 0 bridgehead atoms. The molecular formula is C18H26N2O2S. The number of ether oxygens (including phenoxy) is 1. The van der Waals surface area contributed by atoms with Gasteiger partial charge in [-0.05, 0) is 43.4 Å². The molecule has 3 aliphatic rings. The highest BCUT2D eigenvalue weighted by atomic mass is 32.1. The summed E-state index contributed by atoms with van der Waals surface area (Å²) in [7, 11) is 1.77. The number of hydrogen-bond acceptors (Lipinski definition) is 4. The van der Waals surface area contributed by atoms with Crippen molar-refractivity contribution in [2.45, 2.75) is 46.0 Å². The molecule has 2 fully saturated rings. The third kappa shape index (κ3) is 2.35. The number of nitrogens with zero attached hydrogens (tertiary/aromatic N) is 2. The molecule has 1 amide bonds. The van der Waals surface area contributed by atoms with Gasteiger partial charge in [-0.25, -0.2) is 4.98 Å². The van der Waals surface area contributed by atoms with Crippen molar-refractivity contribution in [3.05, 3.63) is 15.6 Å². The highest BCUT2D eigenvalue weighted by molar-refractivity contribution is 7.13. The van der Waals surface area contributed by atoms with E-state index in [1.165, 1.54) is 23.4 Å². The molecule has 5 heteroatoms. The summed E-state index contributed by atoms with van der Waals surface area (Å²) < 4.78 is 5.49. The normalized spacial score (nSPS) is 31.4. The van der Waals surface area contributed by atoms with Gasteiger partial charge >= 0.3 is 0 Å². The predicted molar refractivity (Wildman–Crippen MR) is 90.9 cm³/mol. The van der Waals surface area contributed by atoms with Gasteiger partial charge in [-0.15, -0.1) is 11.3 Å². The van der Waals surface area contributed by atoms with Crippen LogP contribution in [0, 0.1) is 16.7 Å². The zero-order valence-corrected chi connectivity index (χ0v) is 15.2. The maximum absolute atomic E-state index is 13.0. The second-order valence-corrected chi connectivity index (χ2v) is 9.38. The Morgan fingerprint density at radius 2 is 2.17 bits per heavy atom. The molecule has 1 aliphatic heterocycles. The molecule has 4 nitrogen and oxygen atoms in total. The van der Waals surface area contributed by atoms with Gasteiger partial charge < -0.3 is 9.64 Å². The largest absolute Gasteiger partial charge is 0.384 e. The Hall–Kier alpha value is -0.940. The van der Waals surface area contributed by atoms with Crippen LogP contribution >= 0.6 is 11.3 Å². The lowest BCUT2D eigenvalue weighted by Crippen LogP contribution is -2.55. The second kappa shape index (κ2) is 5.28. The summed E-state index contributed by atoms with van der Waals surface area (Å²) in [4.78, 5) is 21.0. The first-order valence-corrected chi connectivity index (χ1v) is 9.54. The minimum atomic E-state index is 0.144. The molecule has 23 heavy (non-hydrogen) atoms. The lowest BCUT2D eigenvalue weighted by molar-refractivity contribution is -0.107. The zero-order chi connectivity index (χ0) is 16.2. The van der Waals surface area contributed by atoms with E-state index in [1.807, 2.05) is 4.90 Å². The Balaban J connectivity index is 1.55. The molecule has 0 spiro atoms. The van der Waals surface area contributed by atoms with Gasteiger partial charge in [0.1, 0.15) is 0 Å². The number of amides is 1. The Bertz CT molecular complexity index is 615. The number of thiazole rings is 1. The Labute approximate surface area is 142 Å². The highest BCUT2D eigenvalue weighted by Crippen LogP contribution is 2.62. The van der Waals surface area contributed by atoms with Crippen molar-refractivity contribution in [1.82, 2.24) is 9.88 Å². The molecule has 0 unspecified atom stereocenters. The molecule has 4 rings (SSSR count). The quantitative estimate of drug-likeness (QED) is 0.853. The number of methoxy groups -OCH3 is 1. The van der Waals surface area contributed by atoms with Crippen LogP contribution in [0.25, 0.3) is 0 Å². The summed E-state index contributed by atoms with van der Waals surface area (Å²) in [5, 5.41) is 0.712. The van der Waals surface area contributed by atoms with Crippen molar-refractivity contribution >= 4 is 17.2 Å². The monoisotopic (exact) mass is 334 g/mol. The third-order valence-electron chi connectivity index (χ3n) is 6.15. The number of carbonyl (C=O) groups is 1. The first-order valence-electron chi connectivity index (χ1n) is 8.72. The summed E-state index contributed by atoms with van der Waals surface area (Å²) in [5.41, 5.74) is 1.67. The van der Waals surface area contributed by atoms with E-state index in [2.05, 4.69) is 18.8 Å². The highest BCUT2D eigenvalue weighted by Gasteiger charge is 2.63. The van der Waals surface area contributed by atoms with Crippen LogP contribution < -0.4 is 0 Å². The van der Waals surface area contributed by atoms with Crippen LogP contribution in [0.15, 0.2) is 0 Å². The second-order valence-electron chi connectivity index (χ2n) is 8.29. The van der Waals surface area contributed by atoms with E-state index in [9.17, 15) is 4.79 Å². The number of hydrogen-bond donors (Lipinski definition) is 0. The van der Waals surface area contributed by atoms with Crippen molar-refractivity contribution < 1.29 is 9.53 Å². The summed E-state index contributed by atoms with van der Waals surface area (Å²) in [6.45, 7) is 7.10. The van der Waals surface area contributed by atoms with Crippen molar-refractivity contribution in [3.8, 4) is 0 Å². The number of fused-ring (bicyclic) bond motifs is 2. The molecule has 0 N–H and O–H groups in total. The first-order chi connectivity index (χ1) is 11.0. The van der Waals surface area contributed by atoms with Gasteiger partial charge in [-0.2, -0.15) is 0 Å². The Morgan fingerprint density at radius 1 is 1.39 bits per heavy atom. The molecule has 126 valence electrons. The molecule has 1 saturated carbocycles. The van der Waals surface area contributed by atoms with Gasteiger partial charge in [-0.3, -0.25) is 4.79 Å². The van der Waals surface area contributed by atoms with E-state index >= 15 is 0 Å². The zero-order valence-electron chi connectivity index (χ0n) is 14.4. The third-order valence-corrected chi connectivity index (χ3v) is 7.29. The Kier molecular flexibility index (Phi) is 3.58. The molecule has 2 aliphatic carbocycles. The fraction of sp³-hybridized carbons (Fsp3) is 0.778. The molecule has 1 aromatic rings. The van der Waals surface area contributed by atoms with Crippen LogP contribution in [0.3, 0.4) is 0 Å². The topological polar surface area (TPSA) is 42.4 Å². The van der Waals surface area contributed by atoms with Gasteiger partial charge in [0.15, 0.2) is 5.01 Å². The van der Waals surface area contributed by atoms with Crippen LogP contribution in [0.4, 0.5) is 0 Å². The number of carbonyl (C=O) groups excluding carboxylic acids is 1. The van der Waals surface area contributed by atoms with E-state index in [1.54, 1.807) is 18.4 Å². The minimum Gasteiger partial charge on any atom is -0.384 e. The van der Waals surface area contributed by atoms with Crippen molar-refractivity contribution in [2.24, 2.45) is 16.7 Å². The van der Waals surface area contributed by atoms with Crippen LogP contribution in [-0.2, 0) is 17.6 Å². The SMILES string of the molecule is COC[C@@]12CN(C(=O)c3nc4c(s3)CCCC4)C[C@@H]1C(C)(C)C2. The van der Waals surface area contributed by atoms with E-state index in [0.29, 0.717) is 16.3 Å². The standard InChI is InChI=1S/C18H26N2O2S/c1-17(2)9-18(11-22-3)10-20(8-14(17)18)16(21)15-19-12-6-4-5-7-13(12)23-15/h14H,4-11H2,1-3H3/t14-,18-/m1/s1. The fourth-order valence-electron chi connectivity index (χ4n) is 5.34. The fourth-order valence-corrected chi connectivity index (χ4v) is 6.46. The van der Waals surface area contributed by atoms with Crippen molar-refractivity contribution in [2.75, 3.05) is 26.8 Å². The lowest BCUT2D eigenvalue weighted by atomic mass is 9.48. The Morgan fingerprint density at radius 3 is 2.87 bits per heavy atom. The average Bonchev–Trinajstić information content (AvgIpc) is 3.06. The number of likely N-dealkylation sites (tertiary alicyclic amines) is 1. The molecule has 1 saturated heterocycles. The van der Waals surface area contributed by atoms with Crippen molar-refractivity contribution in [3.63, 3.8) is 0 Å². The minimum absolute atomic E-state index is 0.144. The lowest BCUT2D eigenvalue weighted by Gasteiger charge is -2.56. The van der Waals surface area contributed by atoms with Crippen molar-refractivity contribution in [1.29, 1.82) is 0 Å². The maximum Gasteiger partial charge on any atom is 0.282 e. The summed E-state index contributed by atoms with van der Waals surface area (Å²) >= 11 is 1.63. The maximum atomic E-state index is 13.0. The summed E-state index contributed by atoms with van der Waals surface area (Å²) in [5.74, 6) is 0.693. The molecular weight excluding hydrogens is 308 g/mol. The van der Waals surface area contributed by atoms with E-state index < -0.39 is 0 Å². The molecule has 1 aromatic heterocycles. The summed E-state index contributed by atoms with van der Waals surface area (Å²) in [6.07, 6.45) is 5.74. The van der Waals surface area contributed by atoms with Gasteiger partial charge in [-0.1, -0.05) is 13.8 Å². The average molecular weight is 334 g/mol. The molecule has 2 heterocycles. The van der Waals surface area contributed by atoms with E-state index in [-0.39, 0.29) is 11.3 Å². The molecule has 0 radical (unpaired) electrons. The van der Waals surface area contributed by atoms with Gasteiger partial charge in [0.2, 0.25) is 0 Å². The molecule has 2 atom stereocenters. The van der Waals surface area contributed by atoms with E-state index in [0.717, 1.165) is 39.0 Å². The van der Waals surface area contributed by atoms with Gasteiger partial charge in [0, 0.05) is 30.5 Å². The summed E-state index contributed by atoms with van der Waals surface area (Å²) in [6, 6.07) is 0. The smallest absolute Gasteiger partial charge is 0.282 e. The van der Waals surface area contributed by atoms with E-state index in [4.69, 9.17) is 4.74 Å². The van der Waals surface area contributed by atoms with Gasteiger partial charge in [0.05, 0.1) is 12.3 Å². The van der Waals surface area contributed by atoms with Crippen LogP contribution in [0.5, 0.6) is 0 Å². The first kappa shape index (κ1) is 15.6. The number of aryl methyl sites for hydroxylation is 2.